The van der Waals surface area contributed by atoms with Crippen LogP contribution in [0.25, 0.3) is 0 Å². The third-order valence-electron chi connectivity index (χ3n) is 5.38. The van der Waals surface area contributed by atoms with Gasteiger partial charge in [0.1, 0.15) is 18.2 Å². The van der Waals surface area contributed by atoms with Crippen molar-refractivity contribution in [2.24, 2.45) is 0 Å². The Morgan fingerprint density at radius 2 is 1.94 bits per heavy atom. The first-order valence-corrected chi connectivity index (χ1v) is 10.1. The molecule has 164 valence electrons. The van der Waals surface area contributed by atoms with E-state index in [2.05, 4.69) is 11.4 Å². The van der Waals surface area contributed by atoms with Crippen LogP contribution in [0.15, 0.2) is 47.7 Å². The Labute approximate surface area is 181 Å². The summed E-state index contributed by atoms with van der Waals surface area (Å²) < 4.78 is 25.2. The SMILES string of the molecule is CCOC(=O)C1=C(COc2cc(C)cc(C)c2C)N(C)C(=O)N[C@H]1c1cccc(F)c1. The van der Waals surface area contributed by atoms with Crippen molar-refractivity contribution >= 4 is 12.0 Å². The van der Waals surface area contributed by atoms with Gasteiger partial charge in [0, 0.05) is 7.05 Å². The molecule has 31 heavy (non-hydrogen) atoms. The molecule has 0 fully saturated rings. The highest BCUT2D eigenvalue weighted by molar-refractivity contribution is 5.95. The molecule has 7 heteroatoms. The lowest BCUT2D eigenvalue weighted by atomic mass is 9.94. The van der Waals surface area contributed by atoms with Crippen LogP contribution in [0.4, 0.5) is 9.18 Å². The summed E-state index contributed by atoms with van der Waals surface area (Å²) in [5.74, 6) is -0.369. The number of hydrogen-bond donors (Lipinski definition) is 1. The van der Waals surface area contributed by atoms with Crippen molar-refractivity contribution in [2.45, 2.75) is 33.7 Å². The molecule has 0 unspecified atom stereocenters. The highest BCUT2D eigenvalue weighted by Gasteiger charge is 2.37. The molecule has 0 aliphatic carbocycles. The molecular formula is C24H27FN2O4. The fraction of sp³-hybridized carbons (Fsp3) is 0.333. The van der Waals surface area contributed by atoms with E-state index in [4.69, 9.17) is 9.47 Å². The first-order valence-electron chi connectivity index (χ1n) is 10.1. The number of hydrogen-bond acceptors (Lipinski definition) is 4. The van der Waals surface area contributed by atoms with Crippen molar-refractivity contribution in [1.29, 1.82) is 0 Å². The summed E-state index contributed by atoms with van der Waals surface area (Å²) in [6, 6.07) is 8.50. The number of ether oxygens (including phenoxy) is 2. The Bertz CT molecular complexity index is 1050. The number of likely N-dealkylation sites (N-methyl/N-ethyl adjacent to an activating group) is 1. The normalized spacial score (nSPS) is 16.3. The van der Waals surface area contributed by atoms with Crippen molar-refractivity contribution in [3.05, 3.63) is 75.7 Å². The maximum atomic E-state index is 13.9. The van der Waals surface area contributed by atoms with Gasteiger partial charge in [-0.15, -0.1) is 0 Å². The van der Waals surface area contributed by atoms with Crippen molar-refractivity contribution in [1.82, 2.24) is 10.2 Å². The molecule has 0 bridgehead atoms. The van der Waals surface area contributed by atoms with E-state index in [1.165, 1.54) is 23.1 Å². The number of nitrogens with one attached hydrogen (secondary N) is 1. The van der Waals surface area contributed by atoms with E-state index in [0.29, 0.717) is 17.0 Å². The van der Waals surface area contributed by atoms with Gasteiger partial charge in [-0.3, -0.25) is 4.90 Å². The third-order valence-corrected chi connectivity index (χ3v) is 5.38. The average Bonchev–Trinajstić information content (AvgIpc) is 2.72. The van der Waals surface area contributed by atoms with Gasteiger partial charge in [-0.1, -0.05) is 18.2 Å². The number of aryl methyl sites for hydroxylation is 2. The highest BCUT2D eigenvalue weighted by atomic mass is 19.1. The van der Waals surface area contributed by atoms with Gasteiger partial charge in [0.15, 0.2) is 0 Å². The lowest BCUT2D eigenvalue weighted by Gasteiger charge is -2.34. The third kappa shape index (κ3) is 4.71. The summed E-state index contributed by atoms with van der Waals surface area (Å²) in [6.45, 7) is 7.78. The Morgan fingerprint density at radius 1 is 1.19 bits per heavy atom. The first-order chi connectivity index (χ1) is 14.7. The summed E-state index contributed by atoms with van der Waals surface area (Å²) >= 11 is 0. The van der Waals surface area contributed by atoms with E-state index in [-0.39, 0.29) is 18.8 Å². The quantitative estimate of drug-likeness (QED) is 0.698. The van der Waals surface area contributed by atoms with Gasteiger partial charge in [0.25, 0.3) is 0 Å². The van der Waals surface area contributed by atoms with Crippen LogP contribution in [-0.4, -0.2) is 37.2 Å². The summed E-state index contributed by atoms with van der Waals surface area (Å²) in [4.78, 5) is 26.9. The minimum absolute atomic E-state index is 0.0202. The van der Waals surface area contributed by atoms with E-state index in [1.54, 1.807) is 20.0 Å². The molecule has 2 aromatic rings. The predicted molar refractivity (Wildman–Crippen MR) is 115 cm³/mol. The summed E-state index contributed by atoms with van der Waals surface area (Å²) in [7, 11) is 1.56. The molecule has 1 heterocycles. The first kappa shape index (κ1) is 22.3. The number of carbonyl (C=O) groups is 2. The van der Waals surface area contributed by atoms with Crippen LogP contribution >= 0.6 is 0 Å². The van der Waals surface area contributed by atoms with E-state index in [9.17, 15) is 14.0 Å². The van der Waals surface area contributed by atoms with Crippen molar-refractivity contribution in [2.75, 3.05) is 20.3 Å². The summed E-state index contributed by atoms with van der Waals surface area (Å²) in [5, 5.41) is 2.76. The molecule has 1 aliphatic heterocycles. The lowest BCUT2D eigenvalue weighted by molar-refractivity contribution is -0.139. The van der Waals surface area contributed by atoms with Crippen LogP contribution < -0.4 is 10.1 Å². The molecule has 0 radical (unpaired) electrons. The van der Waals surface area contributed by atoms with Gasteiger partial charge in [-0.05, 0) is 68.1 Å². The number of amides is 2. The van der Waals surface area contributed by atoms with Crippen LogP contribution in [-0.2, 0) is 9.53 Å². The fourth-order valence-electron chi connectivity index (χ4n) is 3.61. The molecule has 1 N–H and O–H groups in total. The molecule has 1 atom stereocenters. The number of esters is 1. The number of carbonyl (C=O) groups excluding carboxylic acids is 2. The minimum atomic E-state index is -0.850. The molecule has 2 amide bonds. The van der Waals surface area contributed by atoms with Crippen molar-refractivity contribution in [3.8, 4) is 5.75 Å². The van der Waals surface area contributed by atoms with Gasteiger partial charge in [0.05, 0.1) is 23.9 Å². The topological polar surface area (TPSA) is 67.9 Å². The number of benzene rings is 2. The second-order valence-electron chi connectivity index (χ2n) is 7.57. The molecule has 0 aromatic heterocycles. The standard InChI is InChI=1S/C24H27FN2O4/c1-6-30-23(28)21-19(13-31-20-11-14(2)10-15(3)16(20)4)27(5)24(29)26-22(21)17-8-7-9-18(25)12-17/h7-12,22H,6,13H2,1-5H3,(H,26,29)/t22-/m0/s1. The molecule has 0 saturated carbocycles. The van der Waals surface area contributed by atoms with Crippen LogP contribution in [0, 0.1) is 26.6 Å². The monoisotopic (exact) mass is 426 g/mol. The highest BCUT2D eigenvalue weighted by Crippen LogP contribution is 2.32. The second-order valence-corrected chi connectivity index (χ2v) is 7.57. The van der Waals surface area contributed by atoms with Crippen molar-refractivity contribution < 1.29 is 23.5 Å². The molecule has 6 nitrogen and oxygen atoms in total. The molecular weight excluding hydrogens is 399 g/mol. The Morgan fingerprint density at radius 3 is 2.61 bits per heavy atom. The number of urea groups is 1. The summed E-state index contributed by atoms with van der Waals surface area (Å²) in [6.07, 6.45) is 0. The largest absolute Gasteiger partial charge is 0.487 e. The van der Waals surface area contributed by atoms with Crippen molar-refractivity contribution in [3.63, 3.8) is 0 Å². The number of nitrogens with zero attached hydrogens (tertiary/aromatic N) is 1. The fourth-order valence-corrected chi connectivity index (χ4v) is 3.61. The molecule has 1 aliphatic rings. The van der Waals surface area contributed by atoms with E-state index in [0.717, 1.165) is 16.7 Å². The van der Waals surface area contributed by atoms with Gasteiger partial charge >= 0.3 is 12.0 Å². The second kappa shape index (κ2) is 9.20. The van der Waals surface area contributed by atoms with Crippen LogP contribution in [0.1, 0.15) is 35.2 Å². The Hall–Kier alpha value is -3.35. The molecule has 0 spiro atoms. The van der Waals surface area contributed by atoms with Crippen LogP contribution in [0.3, 0.4) is 0 Å². The van der Waals surface area contributed by atoms with Gasteiger partial charge < -0.3 is 14.8 Å². The van der Waals surface area contributed by atoms with E-state index in [1.807, 2.05) is 26.8 Å². The maximum Gasteiger partial charge on any atom is 0.338 e. The minimum Gasteiger partial charge on any atom is -0.487 e. The van der Waals surface area contributed by atoms with E-state index >= 15 is 0 Å². The Kier molecular flexibility index (Phi) is 6.63. The molecule has 0 saturated heterocycles. The zero-order chi connectivity index (χ0) is 22.7. The van der Waals surface area contributed by atoms with Gasteiger partial charge in [0.2, 0.25) is 0 Å². The zero-order valence-corrected chi connectivity index (χ0v) is 18.4. The zero-order valence-electron chi connectivity index (χ0n) is 18.4. The Balaban J connectivity index is 2.07. The smallest absolute Gasteiger partial charge is 0.338 e. The molecule has 2 aromatic carbocycles. The predicted octanol–water partition coefficient (Wildman–Crippen LogP) is 4.34. The molecule has 3 rings (SSSR count). The average molecular weight is 426 g/mol. The van der Waals surface area contributed by atoms with Crippen LogP contribution in [0.2, 0.25) is 0 Å². The van der Waals surface area contributed by atoms with Gasteiger partial charge in [-0.25, -0.2) is 14.0 Å². The number of rotatable bonds is 6. The van der Waals surface area contributed by atoms with Gasteiger partial charge in [-0.2, -0.15) is 0 Å². The maximum absolute atomic E-state index is 13.9. The van der Waals surface area contributed by atoms with Crippen LogP contribution in [0.5, 0.6) is 5.75 Å². The summed E-state index contributed by atoms with van der Waals surface area (Å²) in [5.41, 5.74) is 4.15. The number of halogens is 1. The van der Waals surface area contributed by atoms with E-state index < -0.39 is 23.9 Å². The lowest BCUT2D eigenvalue weighted by Crippen LogP contribution is -2.48.